The van der Waals surface area contributed by atoms with Gasteiger partial charge in [0, 0.05) is 5.69 Å². The first-order valence-corrected chi connectivity index (χ1v) is 7.11. The molecule has 5 heteroatoms. The summed E-state index contributed by atoms with van der Waals surface area (Å²) in [4.78, 5) is 23.3. The molecule has 0 heterocycles. The van der Waals surface area contributed by atoms with Gasteiger partial charge in [-0.05, 0) is 36.2 Å². The van der Waals surface area contributed by atoms with Gasteiger partial charge in [-0.15, -0.1) is 0 Å². The molecule has 2 amide bonds. The Balaban J connectivity index is 1.94. The monoisotopic (exact) mass is 297 g/mol. The van der Waals surface area contributed by atoms with E-state index in [1.807, 2.05) is 24.3 Å². The molecule has 4 N–H and O–H groups in total. The summed E-state index contributed by atoms with van der Waals surface area (Å²) in [5, 5.41) is 5.72. The molecular weight excluding hydrogens is 278 g/mol. The minimum atomic E-state index is -0.570. The van der Waals surface area contributed by atoms with Gasteiger partial charge in [0.2, 0.25) is 5.91 Å². The van der Waals surface area contributed by atoms with Crippen LogP contribution in [0.3, 0.4) is 0 Å². The van der Waals surface area contributed by atoms with Crippen molar-refractivity contribution >= 4 is 23.2 Å². The molecule has 0 aliphatic heterocycles. The molecule has 0 aliphatic rings. The van der Waals surface area contributed by atoms with Gasteiger partial charge >= 0.3 is 0 Å². The summed E-state index contributed by atoms with van der Waals surface area (Å²) in [5.41, 5.74) is 8.10. The van der Waals surface area contributed by atoms with E-state index in [2.05, 4.69) is 17.6 Å². The molecule has 114 valence electrons. The molecule has 22 heavy (non-hydrogen) atoms. The van der Waals surface area contributed by atoms with Gasteiger partial charge < -0.3 is 16.4 Å². The van der Waals surface area contributed by atoms with Crippen LogP contribution in [0.1, 0.15) is 22.8 Å². The minimum Gasteiger partial charge on any atom is -0.376 e. The van der Waals surface area contributed by atoms with Crippen molar-refractivity contribution < 1.29 is 9.59 Å². The third kappa shape index (κ3) is 4.09. The molecule has 2 aromatic carbocycles. The second-order valence-corrected chi connectivity index (χ2v) is 4.86. The number of anilines is 2. The molecule has 0 aromatic heterocycles. The normalized spacial score (nSPS) is 10.0. The maximum Gasteiger partial charge on any atom is 0.250 e. The molecule has 0 fully saturated rings. The maximum absolute atomic E-state index is 12.0. The first-order valence-electron chi connectivity index (χ1n) is 7.11. The van der Waals surface area contributed by atoms with E-state index >= 15 is 0 Å². The van der Waals surface area contributed by atoms with Crippen LogP contribution in [0.25, 0.3) is 0 Å². The second kappa shape index (κ2) is 7.26. The first kappa shape index (κ1) is 15.6. The van der Waals surface area contributed by atoms with Crippen molar-refractivity contribution in [1.82, 2.24) is 0 Å². The number of aryl methyl sites for hydroxylation is 1. The summed E-state index contributed by atoms with van der Waals surface area (Å²) in [6.07, 6.45) is 0.977. The average Bonchev–Trinajstić information content (AvgIpc) is 2.53. The Labute approximate surface area is 129 Å². The van der Waals surface area contributed by atoms with Crippen LogP contribution in [-0.4, -0.2) is 18.4 Å². The van der Waals surface area contributed by atoms with Gasteiger partial charge in [-0.2, -0.15) is 0 Å². The molecule has 0 saturated heterocycles. The highest BCUT2D eigenvalue weighted by Gasteiger charge is 2.09. The molecule has 0 saturated carbocycles. The summed E-state index contributed by atoms with van der Waals surface area (Å²) in [6, 6.07) is 14.6. The summed E-state index contributed by atoms with van der Waals surface area (Å²) >= 11 is 0. The summed E-state index contributed by atoms with van der Waals surface area (Å²) in [6.45, 7) is 2.20. The van der Waals surface area contributed by atoms with Crippen molar-refractivity contribution in [2.24, 2.45) is 5.73 Å². The van der Waals surface area contributed by atoms with E-state index in [1.54, 1.807) is 24.3 Å². The van der Waals surface area contributed by atoms with Crippen molar-refractivity contribution in [3.63, 3.8) is 0 Å². The third-order valence-corrected chi connectivity index (χ3v) is 3.28. The molecular formula is C17H19N3O2. The topological polar surface area (TPSA) is 84.2 Å². The quantitative estimate of drug-likeness (QED) is 0.765. The lowest BCUT2D eigenvalue weighted by Gasteiger charge is -2.10. The number of primary amides is 1. The van der Waals surface area contributed by atoms with Crippen LogP contribution < -0.4 is 16.4 Å². The van der Waals surface area contributed by atoms with Crippen LogP contribution >= 0.6 is 0 Å². The highest BCUT2D eigenvalue weighted by molar-refractivity contribution is 6.03. The van der Waals surface area contributed by atoms with Crippen LogP contribution in [0, 0.1) is 0 Å². The predicted octanol–water partition coefficient (Wildman–Crippen LogP) is 2.40. The molecule has 2 rings (SSSR count). The fraction of sp³-hybridized carbons (Fsp3) is 0.176. The molecule has 5 nitrogen and oxygen atoms in total. The van der Waals surface area contributed by atoms with E-state index in [4.69, 9.17) is 5.73 Å². The number of carbonyl (C=O) groups excluding carboxylic acids is 2. The standard InChI is InChI=1S/C17H19N3O2/c1-2-12-7-9-13(10-8-12)19-11-16(21)20-15-6-4-3-5-14(15)17(18)22/h3-10,19H,2,11H2,1H3,(H2,18,22)(H,20,21). The predicted molar refractivity (Wildman–Crippen MR) is 87.9 cm³/mol. The van der Waals surface area contributed by atoms with E-state index in [9.17, 15) is 9.59 Å². The number of hydrogen-bond donors (Lipinski definition) is 3. The molecule has 0 bridgehead atoms. The minimum absolute atomic E-state index is 0.110. The van der Waals surface area contributed by atoms with E-state index in [0.29, 0.717) is 11.3 Å². The van der Waals surface area contributed by atoms with Gasteiger partial charge in [0.05, 0.1) is 17.8 Å². The fourth-order valence-electron chi connectivity index (χ4n) is 2.04. The number of nitrogens with one attached hydrogen (secondary N) is 2. The van der Waals surface area contributed by atoms with Crippen LogP contribution in [0.2, 0.25) is 0 Å². The van der Waals surface area contributed by atoms with Crippen molar-refractivity contribution in [1.29, 1.82) is 0 Å². The number of benzene rings is 2. The molecule has 0 atom stereocenters. The van der Waals surface area contributed by atoms with Gasteiger partial charge in [-0.3, -0.25) is 9.59 Å². The average molecular weight is 297 g/mol. The van der Waals surface area contributed by atoms with Crippen LogP contribution in [0.15, 0.2) is 48.5 Å². The molecule has 0 aliphatic carbocycles. The first-order chi connectivity index (χ1) is 10.6. The summed E-state index contributed by atoms with van der Waals surface area (Å²) < 4.78 is 0. The van der Waals surface area contributed by atoms with Crippen molar-refractivity contribution in [2.45, 2.75) is 13.3 Å². The van der Waals surface area contributed by atoms with Gasteiger partial charge in [0.25, 0.3) is 5.91 Å². The van der Waals surface area contributed by atoms with Crippen LogP contribution in [0.4, 0.5) is 11.4 Å². The zero-order valence-corrected chi connectivity index (χ0v) is 12.4. The number of carbonyl (C=O) groups is 2. The SMILES string of the molecule is CCc1ccc(NCC(=O)Nc2ccccc2C(N)=O)cc1. The smallest absolute Gasteiger partial charge is 0.250 e. The van der Waals surface area contributed by atoms with Crippen LogP contribution in [0.5, 0.6) is 0 Å². The number of rotatable bonds is 6. The van der Waals surface area contributed by atoms with E-state index in [0.717, 1.165) is 12.1 Å². The van der Waals surface area contributed by atoms with Crippen molar-refractivity contribution in [2.75, 3.05) is 17.2 Å². The van der Waals surface area contributed by atoms with E-state index < -0.39 is 5.91 Å². The Morgan fingerprint density at radius 1 is 1.05 bits per heavy atom. The maximum atomic E-state index is 12.0. The molecule has 0 spiro atoms. The van der Waals surface area contributed by atoms with Gasteiger partial charge in [0.1, 0.15) is 0 Å². The summed E-state index contributed by atoms with van der Waals surface area (Å²) in [5.74, 6) is -0.813. The summed E-state index contributed by atoms with van der Waals surface area (Å²) in [7, 11) is 0. The van der Waals surface area contributed by atoms with Crippen LogP contribution in [-0.2, 0) is 11.2 Å². The van der Waals surface area contributed by atoms with Crippen molar-refractivity contribution in [3.05, 3.63) is 59.7 Å². The van der Waals surface area contributed by atoms with E-state index in [1.165, 1.54) is 5.56 Å². The second-order valence-electron chi connectivity index (χ2n) is 4.86. The van der Waals surface area contributed by atoms with Crippen molar-refractivity contribution in [3.8, 4) is 0 Å². The molecule has 0 radical (unpaired) electrons. The third-order valence-electron chi connectivity index (χ3n) is 3.28. The lowest BCUT2D eigenvalue weighted by Crippen LogP contribution is -2.24. The Hall–Kier alpha value is -2.82. The number of para-hydroxylation sites is 1. The lowest BCUT2D eigenvalue weighted by atomic mass is 10.1. The number of amides is 2. The highest BCUT2D eigenvalue weighted by atomic mass is 16.2. The molecule has 2 aromatic rings. The number of nitrogens with two attached hydrogens (primary N) is 1. The van der Waals surface area contributed by atoms with E-state index in [-0.39, 0.29) is 12.5 Å². The largest absolute Gasteiger partial charge is 0.376 e. The fourth-order valence-corrected chi connectivity index (χ4v) is 2.04. The Morgan fingerprint density at radius 3 is 2.36 bits per heavy atom. The van der Waals surface area contributed by atoms with Gasteiger partial charge in [-0.1, -0.05) is 31.2 Å². The lowest BCUT2D eigenvalue weighted by molar-refractivity contribution is -0.114. The zero-order valence-electron chi connectivity index (χ0n) is 12.4. The Kier molecular flexibility index (Phi) is 5.14. The number of hydrogen-bond acceptors (Lipinski definition) is 3. The van der Waals surface area contributed by atoms with Gasteiger partial charge in [0.15, 0.2) is 0 Å². The Morgan fingerprint density at radius 2 is 1.73 bits per heavy atom. The van der Waals surface area contributed by atoms with Gasteiger partial charge in [-0.25, -0.2) is 0 Å². The molecule has 0 unspecified atom stereocenters. The zero-order chi connectivity index (χ0) is 15.9. The Bertz CT molecular complexity index is 666. The highest BCUT2D eigenvalue weighted by Crippen LogP contribution is 2.14.